The lowest BCUT2D eigenvalue weighted by Gasteiger charge is -2.12. The summed E-state index contributed by atoms with van der Waals surface area (Å²) in [6.45, 7) is 2.30. The Balaban J connectivity index is 1.90. The van der Waals surface area contributed by atoms with Gasteiger partial charge in [0.15, 0.2) is 10.9 Å². The zero-order valence-electron chi connectivity index (χ0n) is 14.3. The fourth-order valence-corrected chi connectivity index (χ4v) is 2.22. The van der Waals surface area contributed by atoms with E-state index in [4.69, 9.17) is 17.0 Å². The number of hydrogen-bond donors (Lipinski definition) is 3. The van der Waals surface area contributed by atoms with Crippen molar-refractivity contribution in [3.05, 3.63) is 69.5 Å². The van der Waals surface area contributed by atoms with Gasteiger partial charge < -0.3 is 10.1 Å². The number of nitrogens with one attached hydrogen (secondary N) is 3. The van der Waals surface area contributed by atoms with Gasteiger partial charge in [0.1, 0.15) is 5.82 Å². The maximum absolute atomic E-state index is 12.8. The van der Waals surface area contributed by atoms with Crippen molar-refractivity contribution in [3.63, 3.8) is 0 Å². The van der Waals surface area contributed by atoms with Crippen LogP contribution in [0.15, 0.2) is 42.5 Å². The minimum absolute atomic E-state index is 0.0685. The molecule has 0 atom stereocenters. The van der Waals surface area contributed by atoms with E-state index in [1.54, 1.807) is 19.1 Å². The molecule has 0 saturated heterocycles. The minimum Gasteiger partial charge on any atom is -0.487 e. The second kappa shape index (κ2) is 9.43. The van der Waals surface area contributed by atoms with Gasteiger partial charge in [-0.05, 0) is 49.0 Å². The number of thiocarbonyl (C=S) groups is 1. The lowest BCUT2D eigenvalue weighted by molar-refractivity contribution is -0.385. The monoisotopic (exact) mass is 392 g/mol. The summed E-state index contributed by atoms with van der Waals surface area (Å²) >= 11 is 5.03. The zero-order chi connectivity index (χ0) is 19.8. The summed E-state index contributed by atoms with van der Waals surface area (Å²) in [5, 5.41) is 14.1. The molecule has 0 unspecified atom stereocenters. The van der Waals surface area contributed by atoms with Crippen LogP contribution < -0.4 is 20.9 Å². The molecule has 0 heterocycles. The molecule has 10 heteroatoms. The van der Waals surface area contributed by atoms with E-state index in [0.717, 1.165) is 11.6 Å². The molecule has 2 rings (SSSR count). The molecule has 142 valence electrons. The van der Waals surface area contributed by atoms with Crippen molar-refractivity contribution >= 4 is 28.9 Å². The molecule has 0 spiro atoms. The minimum atomic E-state index is -0.621. The van der Waals surface area contributed by atoms with Gasteiger partial charge in [-0.1, -0.05) is 12.1 Å². The summed E-state index contributed by atoms with van der Waals surface area (Å²) in [5.41, 5.74) is 5.41. The van der Waals surface area contributed by atoms with Gasteiger partial charge in [0.25, 0.3) is 5.91 Å². The van der Waals surface area contributed by atoms with Crippen molar-refractivity contribution in [2.75, 3.05) is 6.61 Å². The summed E-state index contributed by atoms with van der Waals surface area (Å²) in [6, 6.07) is 9.75. The fourth-order valence-electron chi connectivity index (χ4n) is 2.09. The third-order valence-electron chi connectivity index (χ3n) is 3.37. The topological polar surface area (TPSA) is 106 Å². The highest BCUT2D eigenvalue weighted by atomic mass is 32.1. The van der Waals surface area contributed by atoms with Crippen molar-refractivity contribution in [3.8, 4) is 5.75 Å². The van der Waals surface area contributed by atoms with Crippen LogP contribution in [-0.4, -0.2) is 22.5 Å². The standard InChI is InChI=1S/C17H17FN4O4S/c1-2-26-15-8-5-12(9-14(15)22(24)25)16(23)20-21-17(27)19-10-11-3-6-13(18)7-4-11/h3-9H,2,10H2,1H3,(H,20,23)(H2,19,21,27). The first-order valence-corrected chi connectivity index (χ1v) is 8.31. The molecule has 2 aromatic rings. The van der Waals surface area contributed by atoms with Gasteiger partial charge >= 0.3 is 5.69 Å². The Morgan fingerprint density at radius 1 is 1.22 bits per heavy atom. The first-order valence-electron chi connectivity index (χ1n) is 7.90. The van der Waals surface area contributed by atoms with E-state index in [1.165, 1.54) is 24.3 Å². The number of carbonyl (C=O) groups is 1. The van der Waals surface area contributed by atoms with Gasteiger partial charge in [-0.15, -0.1) is 0 Å². The molecule has 0 aliphatic heterocycles. The molecular formula is C17H17FN4O4S. The number of rotatable bonds is 6. The molecule has 0 fully saturated rings. The highest BCUT2D eigenvalue weighted by molar-refractivity contribution is 7.80. The van der Waals surface area contributed by atoms with Crippen LogP contribution in [0.5, 0.6) is 5.75 Å². The number of nitro groups is 1. The Morgan fingerprint density at radius 3 is 2.56 bits per heavy atom. The summed E-state index contributed by atoms with van der Waals surface area (Å²) in [7, 11) is 0. The summed E-state index contributed by atoms with van der Waals surface area (Å²) < 4.78 is 18.0. The van der Waals surface area contributed by atoms with Gasteiger partial charge in [0, 0.05) is 18.2 Å². The largest absolute Gasteiger partial charge is 0.487 e. The van der Waals surface area contributed by atoms with Gasteiger partial charge in [0.2, 0.25) is 0 Å². The van der Waals surface area contributed by atoms with Crippen LogP contribution in [-0.2, 0) is 6.54 Å². The molecule has 0 bridgehead atoms. The van der Waals surface area contributed by atoms with E-state index < -0.39 is 10.8 Å². The van der Waals surface area contributed by atoms with Crippen molar-refractivity contribution in [2.24, 2.45) is 0 Å². The summed E-state index contributed by atoms with van der Waals surface area (Å²) in [6.07, 6.45) is 0. The van der Waals surface area contributed by atoms with E-state index in [9.17, 15) is 19.3 Å². The Bertz CT molecular complexity index is 845. The molecule has 0 aliphatic rings. The van der Waals surface area contributed by atoms with Crippen LogP contribution in [0.3, 0.4) is 0 Å². The van der Waals surface area contributed by atoms with Gasteiger partial charge in [0.05, 0.1) is 11.5 Å². The number of halogens is 1. The summed E-state index contributed by atoms with van der Waals surface area (Å²) in [5.74, 6) is -0.855. The van der Waals surface area contributed by atoms with Crippen LogP contribution in [0.1, 0.15) is 22.8 Å². The number of ether oxygens (including phenoxy) is 1. The quantitative estimate of drug-likeness (QED) is 0.394. The predicted octanol–water partition coefficient (Wildman–Crippen LogP) is 2.44. The van der Waals surface area contributed by atoms with E-state index >= 15 is 0 Å². The number of carbonyl (C=O) groups excluding carboxylic acids is 1. The maximum atomic E-state index is 12.8. The van der Waals surface area contributed by atoms with Crippen LogP contribution in [0.2, 0.25) is 0 Å². The number of hydrazine groups is 1. The molecule has 1 amide bonds. The Morgan fingerprint density at radius 2 is 1.93 bits per heavy atom. The molecule has 0 radical (unpaired) electrons. The van der Waals surface area contributed by atoms with Gasteiger partial charge in [-0.2, -0.15) is 0 Å². The number of hydrogen-bond acceptors (Lipinski definition) is 5. The van der Waals surface area contributed by atoms with E-state index in [-0.39, 0.29) is 34.5 Å². The highest BCUT2D eigenvalue weighted by Gasteiger charge is 2.18. The number of benzene rings is 2. The van der Waals surface area contributed by atoms with E-state index in [2.05, 4.69) is 16.2 Å². The van der Waals surface area contributed by atoms with Crippen molar-refractivity contribution < 1.29 is 18.8 Å². The Hall–Kier alpha value is -3.27. The first-order chi connectivity index (χ1) is 12.9. The Kier molecular flexibility index (Phi) is 7.00. The summed E-state index contributed by atoms with van der Waals surface area (Å²) in [4.78, 5) is 22.6. The smallest absolute Gasteiger partial charge is 0.311 e. The normalized spacial score (nSPS) is 10.0. The Labute approximate surface area is 159 Å². The molecule has 0 aromatic heterocycles. The van der Waals surface area contributed by atoms with Crippen molar-refractivity contribution in [1.82, 2.24) is 16.2 Å². The SMILES string of the molecule is CCOc1ccc(C(=O)NNC(=S)NCc2ccc(F)cc2)cc1[N+](=O)[O-]. The zero-order valence-corrected chi connectivity index (χ0v) is 15.1. The molecule has 2 aromatic carbocycles. The number of nitrogens with zero attached hydrogens (tertiary/aromatic N) is 1. The van der Waals surface area contributed by atoms with Crippen LogP contribution >= 0.6 is 12.2 Å². The van der Waals surface area contributed by atoms with Gasteiger partial charge in [-0.25, -0.2) is 4.39 Å². The fraction of sp³-hybridized carbons (Fsp3) is 0.176. The van der Waals surface area contributed by atoms with E-state index in [1.807, 2.05) is 0 Å². The lowest BCUT2D eigenvalue weighted by atomic mass is 10.2. The van der Waals surface area contributed by atoms with Crippen LogP contribution in [0.25, 0.3) is 0 Å². The van der Waals surface area contributed by atoms with Crippen LogP contribution in [0, 0.1) is 15.9 Å². The first kappa shape index (κ1) is 20.0. The molecule has 0 saturated carbocycles. The number of amides is 1. The molecule has 0 aliphatic carbocycles. The maximum Gasteiger partial charge on any atom is 0.311 e. The molecule has 8 nitrogen and oxygen atoms in total. The van der Waals surface area contributed by atoms with Gasteiger partial charge in [-0.3, -0.25) is 25.8 Å². The predicted molar refractivity (Wildman–Crippen MR) is 101 cm³/mol. The molecule has 3 N–H and O–H groups in total. The van der Waals surface area contributed by atoms with Crippen molar-refractivity contribution in [1.29, 1.82) is 0 Å². The second-order valence-electron chi connectivity index (χ2n) is 5.26. The van der Waals surface area contributed by atoms with Crippen LogP contribution in [0.4, 0.5) is 10.1 Å². The lowest BCUT2D eigenvalue weighted by Crippen LogP contribution is -2.46. The third kappa shape index (κ3) is 5.89. The molecular weight excluding hydrogens is 375 g/mol. The molecule has 27 heavy (non-hydrogen) atoms. The van der Waals surface area contributed by atoms with Crippen molar-refractivity contribution in [2.45, 2.75) is 13.5 Å². The second-order valence-corrected chi connectivity index (χ2v) is 5.67. The third-order valence-corrected chi connectivity index (χ3v) is 3.62. The van der Waals surface area contributed by atoms with E-state index in [0.29, 0.717) is 6.54 Å². The number of nitro benzene ring substituents is 1. The average molecular weight is 392 g/mol. The average Bonchev–Trinajstić information content (AvgIpc) is 2.66. The highest BCUT2D eigenvalue weighted by Crippen LogP contribution is 2.27.